The average molecular weight is 380 g/mol. The van der Waals surface area contributed by atoms with Crippen molar-refractivity contribution in [2.45, 2.75) is 26.7 Å². The molecule has 2 heteroatoms. The SMILES string of the molecule is CC(C)CC/C(Br)=C/[I+]c1ccccc1. The zero-order valence-electron chi connectivity index (χ0n) is 9.21. The molecule has 0 unspecified atom stereocenters. The van der Waals surface area contributed by atoms with Gasteiger partial charge in [0.2, 0.25) is 0 Å². The first kappa shape index (κ1) is 13.2. The van der Waals surface area contributed by atoms with Crippen LogP contribution in [-0.4, -0.2) is 0 Å². The Labute approximate surface area is 112 Å². The highest BCUT2D eigenvalue weighted by molar-refractivity contribution is 9.11. The zero-order valence-corrected chi connectivity index (χ0v) is 13.0. The summed E-state index contributed by atoms with van der Waals surface area (Å²) in [6.07, 6.45) is 2.46. The van der Waals surface area contributed by atoms with Gasteiger partial charge < -0.3 is 0 Å². The van der Waals surface area contributed by atoms with E-state index in [4.69, 9.17) is 0 Å². The van der Waals surface area contributed by atoms with E-state index in [1.54, 1.807) is 0 Å². The third kappa shape index (κ3) is 6.36. The third-order valence-electron chi connectivity index (χ3n) is 1.99. The predicted octanol–water partition coefficient (Wildman–Crippen LogP) is 1.62. The van der Waals surface area contributed by atoms with Crippen LogP contribution in [0.15, 0.2) is 38.9 Å². The van der Waals surface area contributed by atoms with Crippen molar-refractivity contribution in [2.75, 3.05) is 0 Å². The molecule has 0 heterocycles. The average Bonchev–Trinajstić information content (AvgIpc) is 2.25. The highest BCUT2D eigenvalue weighted by atomic mass is 127. The van der Waals surface area contributed by atoms with Gasteiger partial charge in [0.1, 0.15) is 0 Å². The second-order valence-electron chi connectivity index (χ2n) is 3.89. The molecule has 1 aromatic carbocycles. The first-order valence-electron chi connectivity index (χ1n) is 5.21. The Morgan fingerprint density at radius 3 is 2.60 bits per heavy atom. The highest BCUT2D eigenvalue weighted by Crippen LogP contribution is 2.14. The minimum absolute atomic E-state index is 0.0453. The van der Waals surface area contributed by atoms with E-state index in [9.17, 15) is 0 Å². The summed E-state index contributed by atoms with van der Waals surface area (Å²) in [4.78, 5) is 0. The number of hydrogen-bond acceptors (Lipinski definition) is 0. The maximum absolute atomic E-state index is 3.65. The van der Waals surface area contributed by atoms with Crippen LogP contribution >= 0.6 is 15.9 Å². The van der Waals surface area contributed by atoms with Crippen molar-refractivity contribution in [3.05, 3.63) is 42.5 Å². The molecule has 0 fully saturated rings. The number of benzene rings is 1. The van der Waals surface area contributed by atoms with Crippen LogP contribution in [-0.2, 0) is 0 Å². The molecule has 82 valence electrons. The van der Waals surface area contributed by atoms with Crippen molar-refractivity contribution in [1.82, 2.24) is 0 Å². The van der Waals surface area contributed by atoms with Crippen molar-refractivity contribution in [3.8, 4) is 0 Å². The molecule has 0 atom stereocenters. The van der Waals surface area contributed by atoms with E-state index >= 15 is 0 Å². The van der Waals surface area contributed by atoms with E-state index in [-0.39, 0.29) is 21.2 Å². The summed E-state index contributed by atoms with van der Waals surface area (Å²) in [7, 11) is 0. The van der Waals surface area contributed by atoms with Crippen LogP contribution in [0.4, 0.5) is 0 Å². The molecule has 0 bridgehead atoms. The molecule has 1 rings (SSSR count). The predicted molar refractivity (Wildman–Crippen MR) is 66.2 cm³/mol. The molecule has 0 aliphatic rings. The van der Waals surface area contributed by atoms with Crippen molar-refractivity contribution >= 4 is 15.9 Å². The van der Waals surface area contributed by atoms with Gasteiger partial charge in [-0.25, -0.2) is 0 Å². The molecular weight excluding hydrogens is 363 g/mol. The van der Waals surface area contributed by atoms with Gasteiger partial charge >= 0.3 is 21.2 Å². The summed E-state index contributed by atoms with van der Waals surface area (Å²) in [6, 6.07) is 10.7. The van der Waals surface area contributed by atoms with E-state index in [1.165, 1.54) is 20.9 Å². The monoisotopic (exact) mass is 379 g/mol. The Kier molecular flexibility index (Phi) is 6.57. The first-order valence-corrected chi connectivity index (χ1v) is 8.33. The highest BCUT2D eigenvalue weighted by Gasteiger charge is 2.08. The molecule has 0 radical (unpaired) electrons. The largest absolute Gasteiger partial charge is 0.350 e. The zero-order chi connectivity index (χ0) is 11.1. The van der Waals surface area contributed by atoms with Crippen molar-refractivity contribution < 1.29 is 21.2 Å². The van der Waals surface area contributed by atoms with Gasteiger partial charge in [0.25, 0.3) is 0 Å². The van der Waals surface area contributed by atoms with E-state index < -0.39 is 0 Å². The third-order valence-corrected chi connectivity index (χ3v) is 5.98. The lowest BCUT2D eigenvalue weighted by Crippen LogP contribution is -3.59. The molecule has 0 aliphatic heterocycles. The molecule has 0 amide bonds. The van der Waals surface area contributed by atoms with Gasteiger partial charge in [-0.15, -0.1) is 0 Å². The second-order valence-corrected chi connectivity index (χ2v) is 7.40. The number of halogens is 2. The Morgan fingerprint density at radius 1 is 1.33 bits per heavy atom. The van der Waals surface area contributed by atoms with Crippen LogP contribution < -0.4 is 21.2 Å². The van der Waals surface area contributed by atoms with Gasteiger partial charge in [-0.3, -0.25) is 0 Å². The quantitative estimate of drug-likeness (QED) is 0.682. The van der Waals surface area contributed by atoms with Gasteiger partial charge in [0, 0.05) is 4.48 Å². The maximum atomic E-state index is 3.65. The summed E-state index contributed by atoms with van der Waals surface area (Å²) in [6.45, 7) is 4.54. The lowest BCUT2D eigenvalue weighted by molar-refractivity contribution is -0.557. The van der Waals surface area contributed by atoms with Gasteiger partial charge in [-0.1, -0.05) is 48.0 Å². The van der Waals surface area contributed by atoms with Crippen LogP contribution in [0.25, 0.3) is 0 Å². The fourth-order valence-electron chi connectivity index (χ4n) is 1.09. The summed E-state index contributed by atoms with van der Waals surface area (Å²) in [5.41, 5.74) is 0. The molecule has 0 aliphatic carbocycles. The maximum Gasteiger partial charge on any atom is 0.350 e. The van der Waals surface area contributed by atoms with Gasteiger partial charge in [-0.05, 0) is 30.9 Å². The summed E-state index contributed by atoms with van der Waals surface area (Å²) < 4.78 is 5.25. The Bertz CT molecular complexity index is 304. The molecular formula is C13H17BrI+. The molecule has 1 aromatic rings. The topological polar surface area (TPSA) is 0 Å². The van der Waals surface area contributed by atoms with E-state index in [1.807, 2.05) is 0 Å². The fraction of sp³-hybridized carbons (Fsp3) is 0.385. The lowest BCUT2D eigenvalue weighted by atomic mass is 10.1. The fourth-order valence-corrected chi connectivity index (χ4v) is 3.74. The van der Waals surface area contributed by atoms with Gasteiger partial charge in [0.05, 0.1) is 0 Å². The van der Waals surface area contributed by atoms with Crippen molar-refractivity contribution in [1.29, 1.82) is 0 Å². The molecule has 0 N–H and O–H groups in total. The van der Waals surface area contributed by atoms with Gasteiger partial charge in [0.15, 0.2) is 7.65 Å². The van der Waals surface area contributed by atoms with Crippen molar-refractivity contribution in [2.24, 2.45) is 5.92 Å². The van der Waals surface area contributed by atoms with Crippen LogP contribution in [0.2, 0.25) is 0 Å². The van der Waals surface area contributed by atoms with E-state index in [0.29, 0.717) is 0 Å². The first-order chi connectivity index (χ1) is 7.18. The van der Waals surface area contributed by atoms with Crippen LogP contribution in [0.5, 0.6) is 0 Å². The Morgan fingerprint density at radius 2 is 2.00 bits per heavy atom. The van der Waals surface area contributed by atoms with Crippen LogP contribution in [0, 0.1) is 9.49 Å². The van der Waals surface area contributed by atoms with E-state index in [0.717, 1.165) is 5.92 Å². The molecule has 0 saturated carbocycles. The second kappa shape index (κ2) is 7.44. The summed E-state index contributed by atoms with van der Waals surface area (Å²) >= 11 is 3.70. The van der Waals surface area contributed by atoms with Crippen LogP contribution in [0.1, 0.15) is 26.7 Å². The summed E-state index contributed by atoms with van der Waals surface area (Å²) in [5.74, 6) is 0.792. The van der Waals surface area contributed by atoms with Gasteiger partial charge in [-0.2, -0.15) is 0 Å². The number of allylic oxidation sites excluding steroid dienone is 1. The standard InChI is InChI=1S/C13H17BrI/c1-11(2)8-9-12(14)10-15-13-6-4-3-5-7-13/h3-7,10-11H,8-9H2,1-2H3/q+1/b12-10-. The smallest absolute Gasteiger partial charge is 0.0628 e. The summed E-state index contributed by atoms with van der Waals surface area (Å²) in [5, 5.41) is 0. The van der Waals surface area contributed by atoms with Crippen LogP contribution in [0.3, 0.4) is 0 Å². The van der Waals surface area contributed by atoms with Crippen molar-refractivity contribution in [3.63, 3.8) is 0 Å². The Balaban J connectivity index is 2.37. The normalized spacial score (nSPS) is 12.1. The van der Waals surface area contributed by atoms with E-state index in [2.05, 4.69) is 64.2 Å². The molecule has 15 heavy (non-hydrogen) atoms. The molecule has 0 saturated heterocycles. The molecule has 0 nitrogen and oxygen atoms in total. The molecule has 0 aromatic heterocycles. The minimum Gasteiger partial charge on any atom is -0.0628 e. The molecule has 0 spiro atoms. The lowest BCUT2D eigenvalue weighted by Gasteiger charge is -2.00. The number of rotatable bonds is 5. The minimum atomic E-state index is 0.0453. The number of hydrogen-bond donors (Lipinski definition) is 0. The Hall–Kier alpha value is 0.170.